The maximum absolute atomic E-state index is 12.4. The van der Waals surface area contributed by atoms with Crippen LogP contribution in [0.25, 0.3) is 0 Å². The van der Waals surface area contributed by atoms with E-state index in [0.29, 0.717) is 16.3 Å². The summed E-state index contributed by atoms with van der Waals surface area (Å²) in [7, 11) is 0. The minimum absolute atomic E-state index is 0.0232. The normalized spacial score (nSPS) is 26.5. The molecule has 2 aliphatic heterocycles. The van der Waals surface area contributed by atoms with Crippen LogP contribution in [0.4, 0.5) is 0 Å². The first-order chi connectivity index (χ1) is 9.60. The van der Waals surface area contributed by atoms with Gasteiger partial charge in [0.25, 0.3) is 5.79 Å². The van der Waals surface area contributed by atoms with Gasteiger partial charge in [0.15, 0.2) is 6.10 Å². The molecule has 20 heavy (non-hydrogen) atoms. The lowest BCUT2D eigenvalue weighted by atomic mass is 9.95. The third-order valence-corrected chi connectivity index (χ3v) is 3.98. The Balaban J connectivity index is 1.80. The summed E-state index contributed by atoms with van der Waals surface area (Å²) in [5, 5.41) is 0.639. The molecule has 4 rings (SSSR count). The highest BCUT2D eigenvalue weighted by atomic mass is 35.5. The van der Waals surface area contributed by atoms with E-state index in [2.05, 4.69) is 0 Å². The Morgan fingerprint density at radius 2 is 1.90 bits per heavy atom. The fourth-order valence-electron chi connectivity index (χ4n) is 2.64. The van der Waals surface area contributed by atoms with Gasteiger partial charge in [-0.25, -0.2) is 0 Å². The summed E-state index contributed by atoms with van der Waals surface area (Å²) < 4.78 is 11.6. The van der Waals surface area contributed by atoms with E-state index < -0.39 is 11.9 Å². The molecule has 1 saturated heterocycles. The number of carbonyl (C=O) groups is 1. The van der Waals surface area contributed by atoms with Gasteiger partial charge >= 0.3 is 0 Å². The second-order valence-electron chi connectivity index (χ2n) is 5.14. The van der Waals surface area contributed by atoms with Crippen molar-refractivity contribution < 1.29 is 14.3 Å². The number of hydrogen-bond donors (Lipinski definition) is 0. The highest BCUT2D eigenvalue weighted by Crippen LogP contribution is 2.53. The molecular formula is C16H11ClO3. The molecule has 2 aromatic rings. The van der Waals surface area contributed by atoms with Crippen molar-refractivity contribution in [3.63, 3.8) is 0 Å². The largest absolute Gasteiger partial charge is 0.454 e. The van der Waals surface area contributed by atoms with Crippen LogP contribution in [0.1, 0.15) is 21.5 Å². The topological polar surface area (TPSA) is 38.8 Å². The van der Waals surface area contributed by atoms with Crippen LogP contribution < -0.4 is 4.74 Å². The van der Waals surface area contributed by atoms with E-state index >= 15 is 0 Å². The molecule has 2 atom stereocenters. The first kappa shape index (κ1) is 11.9. The highest BCUT2D eigenvalue weighted by Gasteiger charge is 2.67. The molecule has 0 spiro atoms. The van der Waals surface area contributed by atoms with Gasteiger partial charge in [-0.15, -0.1) is 0 Å². The summed E-state index contributed by atoms with van der Waals surface area (Å²) in [4.78, 5) is 12.4. The molecule has 4 heteroatoms. The van der Waals surface area contributed by atoms with Crippen molar-refractivity contribution in [1.82, 2.24) is 0 Å². The number of Topliss-reactive ketones (excluding diaryl/α,β-unsaturated/α-hetero) is 1. The summed E-state index contributed by atoms with van der Waals surface area (Å²) in [6.45, 7) is 1.95. The fraction of sp³-hybridized carbons (Fsp3) is 0.188. The van der Waals surface area contributed by atoms with Crippen molar-refractivity contribution in [3.05, 3.63) is 64.2 Å². The molecular weight excluding hydrogens is 276 g/mol. The smallest absolute Gasteiger partial charge is 0.272 e. The van der Waals surface area contributed by atoms with Crippen LogP contribution in [0.3, 0.4) is 0 Å². The Morgan fingerprint density at radius 3 is 2.65 bits per heavy atom. The Hall–Kier alpha value is -1.84. The number of ketones is 1. The Bertz CT molecular complexity index is 723. The predicted octanol–water partition coefficient (Wildman–Crippen LogP) is 3.48. The maximum Gasteiger partial charge on any atom is 0.272 e. The van der Waals surface area contributed by atoms with Gasteiger partial charge in [-0.05, 0) is 31.2 Å². The molecule has 1 fully saturated rings. The number of benzene rings is 2. The molecule has 0 aliphatic carbocycles. The van der Waals surface area contributed by atoms with Gasteiger partial charge in [-0.2, -0.15) is 0 Å². The summed E-state index contributed by atoms with van der Waals surface area (Å²) in [6.07, 6.45) is -0.557. The first-order valence-electron chi connectivity index (χ1n) is 6.38. The van der Waals surface area contributed by atoms with Crippen molar-refractivity contribution in [2.24, 2.45) is 0 Å². The molecule has 0 amide bonds. The van der Waals surface area contributed by atoms with E-state index in [1.807, 2.05) is 37.3 Å². The van der Waals surface area contributed by atoms with Gasteiger partial charge in [0.05, 0.1) is 5.56 Å². The van der Waals surface area contributed by atoms with Crippen LogP contribution in [-0.2, 0) is 10.5 Å². The number of epoxide rings is 1. The van der Waals surface area contributed by atoms with Gasteiger partial charge in [0.1, 0.15) is 5.75 Å². The summed E-state index contributed by atoms with van der Waals surface area (Å²) in [6, 6.07) is 12.8. The van der Waals surface area contributed by atoms with Crippen molar-refractivity contribution in [2.45, 2.75) is 18.8 Å². The molecule has 100 valence electrons. The van der Waals surface area contributed by atoms with Crippen LogP contribution in [0.2, 0.25) is 5.02 Å². The van der Waals surface area contributed by atoms with E-state index in [-0.39, 0.29) is 5.78 Å². The number of hydrogen-bond acceptors (Lipinski definition) is 3. The third-order valence-electron chi connectivity index (χ3n) is 3.73. The number of fused-ring (bicyclic) bond motifs is 2. The van der Waals surface area contributed by atoms with Crippen molar-refractivity contribution in [3.8, 4) is 5.75 Å². The average molecular weight is 287 g/mol. The number of ether oxygens (including phenoxy) is 2. The molecule has 3 nitrogen and oxygen atoms in total. The highest BCUT2D eigenvalue weighted by molar-refractivity contribution is 6.30. The lowest BCUT2D eigenvalue weighted by molar-refractivity contribution is 0.0571. The van der Waals surface area contributed by atoms with Crippen LogP contribution in [0, 0.1) is 6.92 Å². The van der Waals surface area contributed by atoms with Crippen LogP contribution >= 0.6 is 11.6 Å². The number of carbonyl (C=O) groups excluding carboxylic acids is 1. The Kier molecular flexibility index (Phi) is 2.29. The Labute approximate surface area is 121 Å². The molecule has 0 N–H and O–H groups in total. The number of aryl methyl sites for hydroxylation is 1. The van der Waals surface area contributed by atoms with E-state index in [1.165, 1.54) is 0 Å². The predicted molar refractivity (Wildman–Crippen MR) is 74.1 cm³/mol. The van der Waals surface area contributed by atoms with E-state index in [9.17, 15) is 4.79 Å². The SMILES string of the molecule is Cc1ccc2c(c1)C(=O)C1OC1(c1ccc(Cl)cc1)O2. The van der Waals surface area contributed by atoms with Gasteiger partial charge in [-0.3, -0.25) is 4.79 Å². The molecule has 0 aromatic heterocycles. The standard InChI is InChI=1S/C16H11ClO3/c1-9-2-7-13-12(8-9)14(18)15-16(19-13,20-15)10-3-5-11(17)6-4-10/h2-8,15H,1H3. The van der Waals surface area contributed by atoms with Gasteiger partial charge in [0, 0.05) is 10.6 Å². The van der Waals surface area contributed by atoms with E-state index in [1.54, 1.807) is 12.1 Å². The van der Waals surface area contributed by atoms with Gasteiger partial charge in [0.2, 0.25) is 5.78 Å². The van der Waals surface area contributed by atoms with Crippen LogP contribution in [0.5, 0.6) is 5.75 Å². The monoisotopic (exact) mass is 286 g/mol. The van der Waals surface area contributed by atoms with Crippen LogP contribution in [0.15, 0.2) is 42.5 Å². The van der Waals surface area contributed by atoms with Crippen LogP contribution in [-0.4, -0.2) is 11.9 Å². The number of halogens is 1. The zero-order valence-corrected chi connectivity index (χ0v) is 11.5. The summed E-state index contributed by atoms with van der Waals surface area (Å²) >= 11 is 5.89. The molecule has 2 unspecified atom stereocenters. The first-order valence-corrected chi connectivity index (χ1v) is 6.76. The van der Waals surface area contributed by atoms with Crippen molar-refractivity contribution >= 4 is 17.4 Å². The zero-order chi connectivity index (χ0) is 13.9. The van der Waals surface area contributed by atoms with Crippen molar-refractivity contribution in [2.75, 3.05) is 0 Å². The Morgan fingerprint density at radius 1 is 1.15 bits per heavy atom. The van der Waals surface area contributed by atoms with Gasteiger partial charge in [-0.1, -0.05) is 35.4 Å². The number of rotatable bonds is 1. The summed E-state index contributed by atoms with van der Waals surface area (Å²) in [5.74, 6) is -0.418. The quantitative estimate of drug-likeness (QED) is 0.754. The molecule has 0 bridgehead atoms. The molecule has 0 radical (unpaired) electrons. The molecule has 2 heterocycles. The lowest BCUT2D eigenvalue weighted by Crippen LogP contribution is -2.30. The van der Waals surface area contributed by atoms with Gasteiger partial charge < -0.3 is 9.47 Å². The van der Waals surface area contributed by atoms with E-state index in [0.717, 1.165) is 11.1 Å². The lowest BCUT2D eigenvalue weighted by Gasteiger charge is -2.22. The molecule has 0 saturated carbocycles. The third kappa shape index (κ3) is 1.54. The second-order valence-corrected chi connectivity index (χ2v) is 5.57. The maximum atomic E-state index is 12.4. The van der Waals surface area contributed by atoms with E-state index in [4.69, 9.17) is 21.1 Å². The average Bonchev–Trinajstić information content (AvgIpc) is 3.17. The second kappa shape index (κ2) is 3.84. The minimum Gasteiger partial charge on any atom is -0.454 e. The minimum atomic E-state index is -0.968. The fourth-order valence-corrected chi connectivity index (χ4v) is 2.76. The summed E-state index contributed by atoms with van der Waals surface area (Å²) in [5.41, 5.74) is 2.43. The van der Waals surface area contributed by atoms with Crippen molar-refractivity contribution in [1.29, 1.82) is 0 Å². The zero-order valence-electron chi connectivity index (χ0n) is 10.7. The molecule has 2 aliphatic rings. The molecule has 2 aromatic carbocycles.